The molecule has 0 aromatic carbocycles. The minimum absolute atomic E-state index is 0.205. The number of hydrogen-bond acceptors (Lipinski definition) is 2. The van der Waals surface area contributed by atoms with E-state index >= 15 is 0 Å². The molecule has 1 saturated heterocycles. The van der Waals surface area contributed by atoms with E-state index in [1.165, 1.54) is 0 Å². The van der Waals surface area contributed by atoms with Gasteiger partial charge in [0.25, 0.3) is 0 Å². The van der Waals surface area contributed by atoms with Gasteiger partial charge in [-0.05, 0) is 46.7 Å². The summed E-state index contributed by atoms with van der Waals surface area (Å²) in [6.07, 6.45) is 1.80. The van der Waals surface area contributed by atoms with Gasteiger partial charge < -0.3 is 5.73 Å². The molecule has 1 aliphatic heterocycles. The van der Waals surface area contributed by atoms with E-state index in [9.17, 15) is 4.39 Å². The van der Waals surface area contributed by atoms with Crippen molar-refractivity contribution in [3.05, 3.63) is 0 Å². The molecule has 2 nitrogen and oxygen atoms in total. The molecule has 0 saturated carbocycles. The Kier molecular flexibility index (Phi) is 3.53. The number of halogens is 1. The maximum atomic E-state index is 12.9. The molecule has 1 aliphatic rings. The van der Waals surface area contributed by atoms with Crippen molar-refractivity contribution in [2.75, 3.05) is 26.3 Å². The predicted octanol–water partition coefficient (Wildman–Crippen LogP) is 1.80. The van der Waals surface area contributed by atoms with Crippen LogP contribution in [0.1, 0.15) is 33.6 Å². The SMILES string of the molecule is CC(C)(C)N1CCC(CN)(CF)CC1. The first kappa shape index (κ1) is 11.9. The fourth-order valence-electron chi connectivity index (χ4n) is 2.04. The largest absolute Gasteiger partial charge is 0.330 e. The first-order valence-electron chi connectivity index (χ1n) is 5.45. The van der Waals surface area contributed by atoms with Crippen molar-refractivity contribution in [1.29, 1.82) is 0 Å². The predicted molar refractivity (Wildman–Crippen MR) is 58.0 cm³/mol. The fraction of sp³-hybridized carbons (Fsp3) is 1.00. The van der Waals surface area contributed by atoms with Crippen LogP contribution < -0.4 is 5.73 Å². The van der Waals surface area contributed by atoms with E-state index in [0.717, 1.165) is 25.9 Å². The van der Waals surface area contributed by atoms with Crippen molar-refractivity contribution in [3.63, 3.8) is 0 Å². The average molecular weight is 202 g/mol. The number of alkyl halides is 1. The Balaban J connectivity index is 2.53. The quantitative estimate of drug-likeness (QED) is 0.740. The van der Waals surface area contributed by atoms with Gasteiger partial charge in [0.05, 0.1) is 6.67 Å². The topological polar surface area (TPSA) is 29.3 Å². The second kappa shape index (κ2) is 4.15. The van der Waals surface area contributed by atoms with Crippen molar-refractivity contribution in [1.82, 2.24) is 4.90 Å². The highest BCUT2D eigenvalue weighted by atomic mass is 19.1. The minimum atomic E-state index is -0.262. The van der Waals surface area contributed by atoms with Gasteiger partial charge in [-0.1, -0.05) is 0 Å². The molecule has 0 radical (unpaired) electrons. The lowest BCUT2D eigenvalue weighted by molar-refractivity contribution is 0.0334. The summed E-state index contributed by atoms with van der Waals surface area (Å²) < 4.78 is 12.9. The van der Waals surface area contributed by atoms with Crippen LogP contribution in [-0.4, -0.2) is 36.7 Å². The highest BCUT2D eigenvalue weighted by Gasteiger charge is 2.36. The third-order valence-electron chi connectivity index (χ3n) is 3.49. The molecule has 1 fully saturated rings. The molecule has 3 heteroatoms. The monoisotopic (exact) mass is 202 g/mol. The smallest absolute Gasteiger partial charge is 0.0963 e. The highest BCUT2D eigenvalue weighted by molar-refractivity contribution is 4.90. The molecule has 0 spiro atoms. The molecule has 0 unspecified atom stereocenters. The second-order valence-electron chi connectivity index (χ2n) is 5.50. The van der Waals surface area contributed by atoms with Crippen LogP contribution in [-0.2, 0) is 0 Å². The van der Waals surface area contributed by atoms with Crippen LogP contribution in [0.3, 0.4) is 0 Å². The summed E-state index contributed by atoms with van der Waals surface area (Å²) in [5.41, 5.74) is 5.63. The Morgan fingerprint density at radius 3 is 2.07 bits per heavy atom. The summed E-state index contributed by atoms with van der Waals surface area (Å²) in [4.78, 5) is 2.41. The zero-order valence-corrected chi connectivity index (χ0v) is 9.65. The number of rotatable bonds is 2. The maximum absolute atomic E-state index is 12.9. The van der Waals surface area contributed by atoms with E-state index in [1.807, 2.05) is 0 Å². The second-order valence-corrected chi connectivity index (χ2v) is 5.50. The maximum Gasteiger partial charge on any atom is 0.0963 e. The summed E-state index contributed by atoms with van der Waals surface area (Å²) in [6, 6.07) is 0. The molecule has 14 heavy (non-hydrogen) atoms. The number of hydrogen-bond donors (Lipinski definition) is 1. The summed E-state index contributed by atoms with van der Waals surface area (Å²) in [5, 5.41) is 0. The van der Waals surface area contributed by atoms with Crippen molar-refractivity contribution in [3.8, 4) is 0 Å². The van der Waals surface area contributed by atoms with Crippen LogP contribution in [0.15, 0.2) is 0 Å². The Hall–Kier alpha value is -0.150. The lowest BCUT2D eigenvalue weighted by atomic mass is 9.78. The van der Waals surface area contributed by atoms with Crippen molar-refractivity contribution in [2.45, 2.75) is 39.2 Å². The molecule has 0 aliphatic carbocycles. The first-order chi connectivity index (χ1) is 6.43. The first-order valence-corrected chi connectivity index (χ1v) is 5.45. The van der Waals surface area contributed by atoms with Gasteiger partial charge in [-0.25, -0.2) is 0 Å². The molecular weight excluding hydrogens is 179 g/mol. The van der Waals surface area contributed by atoms with Gasteiger partial charge in [-0.15, -0.1) is 0 Å². The van der Waals surface area contributed by atoms with E-state index < -0.39 is 0 Å². The van der Waals surface area contributed by atoms with Crippen molar-refractivity contribution in [2.24, 2.45) is 11.1 Å². The number of nitrogens with two attached hydrogens (primary N) is 1. The summed E-state index contributed by atoms with van der Waals surface area (Å²) in [7, 11) is 0. The summed E-state index contributed by atoms with van der Waals surface area (Å²) in [6.45, 7) is 8.80. The minimum Gasteiger partial charge on any atom is -0.330 e. The van der Waals surface area contributed by atoms with Crippen LogP contribution in [0.25, 0.3) is 0 Å². The van der Waals surface area contributed by atoms with Crippen molar-refractivity contribution >= 4 is 0 Å². The Bertz CT molecular complexity index is 172. The third-order valence-corrected chi connectivity index (χ3v) is 3.49. The van der Waals surface area contributed by atoms with Crippen LogP contribution in [0, 0.1) is 5.41 Å². The lowest BCUT2D eigenvalue weighted by Gasteiger charge is -2.45. The van der Waals surface area contributed by atoms with Gasteiger partial charge in [0, 0.05) is 17.5 Å². The average Bonchev–Trinajstić information content (AvgIpc) is 2.16. The van der Waals surface area contributed by atoms with Crippen LogP contribution in [0.2, 0.25) is 0 Å². The van der Waals surface area contributed by atoms with E-state index in [1.54, 1.807) is 0 Å². The third kappa shape index (κ3) is 2.45. The van der Waals surface area contributed by atoms with E-state index in [2.05, 4.69) is 25.7 Å². The molecule has 0 aromatic rings. The Morgan fingerprint density at radius 2 is 1.79 bits per heavy atom. The fourth-order valence-corrected chi connectivity index (χ4v) is 2.04. The zero-order chi connectivity index (χ0) is 10.8. The Labute approximate surface area is 86.6 Å². The van der Waals surface area contributed by atoms with Gasteiger partial charge >= 0.3 is 0 Å². The molecule has 0 bridgehead atoms. The van der Waals surface area contributed by atoms with Crippen LogP contribution in [0.4, 0.5) is 4.39 Å². The molecule has 0 amide bonds. The van der Waals surface area contributed by atoms with Crippen LogP contribution in [0.5, 0.6) is 0 Å². The van der Waals surface area contributed by atoms with Gasteiger partial charge in [-0.3, -0.25) is 9.29 Å². The van der Waals surface area contributed by atoms with Gasteiger partial charge in [-0.2, -0.15) is 0 Å². The molecular formula is C11H23FN2. The van der Waals surface area contributed by atoms with Gasteiger partial charge in [0.1, 0.15) is 0 Å². The Morgan fingerprint density at radius 1 is 1.29 bits per heavy atom. The van der Waals surface area contributed by atoms with E-state index in [4.69, 9.17) is 5.73 Å². The molecule has 0 atom stereocenters. The van der Waals surface area contributed by atoms with E-state index in [-0.39, 0.29) is 17.6 Å². The van der Waals surface area contributed by atoms with E-state index in [0.29, 0.717) is 6.54 Å². The van der Waals surface area contributed by atoms with Gasteiger partial charge in [0.15, 0.2) is 0 Å². The van der Waals surface area contributed by atoms with Gasteiger partial charge in [0.2, 0.25) is 0 Å². The lowest BCUT2D eigenvalue weighted by Crippen LogP contribution is -2.51. The summed E-state index contributed by atoms with van der Waals surface area (Å²) in [5.74, 6) is 0. The molecule has 0 aromatic heterocycles. The zero-order valence-electron chi connectivity index (χ0n) is 9.65. The number of nitrogens with zero attached hydrogens (tertiary/aromatic N) is 1. The number of piperidine rings is 1. The van der Waals surface area contributed by atoms with Crippen molar-refractivity contribution < 1.29 is 4.39 Å². The normalized spacial score (nSPS) is 23.8. The molecule has 2 N–H and O–H groups in total. The molecule has 1 rings (SSSR count). The highest BCUT2D eigenvalue weighted by Crippen LogP contribution is 2.33. The molecule has 84 valence electrons. The number of likely N-dealkylation sites (tertiary alicyclic amines) is 1. The standard InChI is InChI=1S/C11H23FN2/c1-10(2,3)14-6-4-11(8-12,9-13)5-7-14/h4-9,13H2,1-3H3. The summed E-state index contributed by atoms with van der Waals surface area (Å²) >= 11 is 0. The van der Waals surface area contributed by atoms with Crippen LogP contribution >= 0.6 is 0 Å². The molecule has 1 heterocycles.